The van der Waals surface area contributed by atoms with Gasteiger partial charge in [0.25, 0.3) is 0 Å². The molecule has 8 heteroatoms. The van der Waals surface area contributed by atoms with E-state index in [1.165, 1.54) is 42.6 Å². The molecule has 0 bridgehead atoms. The molecule has 1 aliphatic carbocycles. The van der Waals surface area contributed by atoms with Gasteiger partial charge in [-0.05, 0) is 37.0 Å². The fourth-order valence-corrected chi connectivity index (χ4v) is 5.28. The molecule has 1 aliphatic heterocycles. The minimum absolute atomic E-state index is 0.0558. The van der Waals surface area contributed by atoms with Gasteiger partial charge in [0.15, 0.2) is 0 Å². The summed E-state index contributed by atoms with van der Waals surface area (Å²) in [6, 6.07) is 6.02. The summed E-state index contributed by atoms with van der Waals surface area (Å²) in [5, 5.41) is 0. The zero-order valence-corrected chi connectivity index (χ0v) is 17.1. The van der Waals surface area contributed by atoms with Crippen molar-refractivity contribution < 1.29 is 22.7 Å². The third kappa shape index (κ3) is 4.91. The van der Waals surface area contributed by atoms with Crippen molar-refractivity contribution >= 4 is 21.9 Å². The Hall–Kier alpha value is -1.93. The number of sulfonamides is 1. The molecular formula is C20H28N2O5S. The Labute approximate surface area is 166 Å². The highest BCUT2D eigenvalue weighted by Crippen LogP contribution is 2.24. The average Bonchev–Trinajstić information content (AvgIpc) is 2.73. The summed E-state index contributed by atoms with van der Waals surface area (Å²) in [6.07, 6.45) is 5.74. The van der Waals surface area contributed by atoms with Crippen LogP contribution in [0.5, 0.6) is 0 Å². The Balaban J connectivity index is 1.64. The fraction of sp³-hybridized carbons (Fsp3) is 0.600. The number of nitrogens with zero attached hydrogens (tertiary/aromatic N) is 2. The zero-order chi connectivity index (χ0) is 20.1. The average molecular weight is 409 g/mol. The van der Waals surface area contributed by atoms with Crippen molar-refractivity contribution in [2.75, 3.05) is 32.8 Å². The van der Waals surface area contributed by atoms with E-state index < -0.39 is 16.0 Å². The summed E-state index contributed by atoms with van der Waals surface area (Å²) >= 11 is 0. The molecule has 0 radical (unpaired) electrons. The molecule has 2 aliphatic rings. The van der Waals surface area contributed by atoms with Crippen LogP contribution in [-0.4, -0.2) is 62.3 Å². The van der Waals surface area contributed by atoms with E-state index >= 15 is 0 Å². The van der Waals surface area contributed by atoms with Crippen LogP contribution in [0.25, 0.3) is 0 Å². The lowest BCUT2D eigenvalue weighted by Crippen LogP contribution is -2.49. The van der Waals surface area contributed by atoms with Crippen LogP contribution >= 0.6 is 0 Å². The number of piperazine rings is 1. The Morgan fingerprint density at radius 2 is 1.75 bits per heavy atom. The molecule has 0 N–H and O–H groups in total. The Morgan fingerprint density at radius 1 is 1.07 bits per heavy atom. The number of carbonyl (C=O) groups excluding carboxylic acids is 2. The van der Waals surface area contributed by atoms with Gasteiger partial charge in [0, 0.05) is 33.1 Å². The number of hydrogen-bond acceptors (Lipinski definition) is 5. The summed E-state index contributed by atoms with van der Waals surface area (Å²) in [4.78, 5) is 25.5. The van der Waals surface area contributed by atoms with Gasteiger partial charge in [0.2, 0.25) is 15.9 Å². The van der Waals surface area contributed by atoms with Gasteiger partial charge in [-0.2, -0.15) is 4.31 Å². The topological polar surface area (TPSA) is 84.0 Å². The minimum Gasteiger partial charge on any atom is -0.462 e. The Bertz CT molecular complexity index is 810. The van der Waals surface area contributed by atoms with Gasteiger partial charge in [0.1, 0.15) is 0 Å². The molecule has 0 unspecified atom stereocenters. The molecule has 1 aromatic rings. The van der Waals surface area contributed by atoms with Crippen molar-refractivity contribution in [3.63, 3.8) is 0 Å². The van der Waals surface area contributed by atoms with Gasteiger partial charge in [-0.15, -0.1) is 0 Å². The van der Waals surface area contributed by atoms with Crippen LogP contribution in [-0.2, 0) is 19.6 Å². The van der Waals surface area contributed by atoms with E-state index in [1.54, 1.807) is 17.0 Å². The number of amides is 1. The second-order valence-corrected chi connectivity index (χ2v) is 9.48. The number of rotatable bonds is 5. The van der Waals surface area contributed by atoms with E-state index in [1.807, 2.05) is 0 Å². The van der Waals surface area contributed by atoms with E-state index in [0.29, 0.717) is 25.6 Å². The van der Waals surface area contributed by atoms with Gasteiger partial charge < -0.3 is 9.64 Å². The van der Waals surface area contributed by atoms with E-state index in [9.17, 15) is 18.0 Å². The largest absolute Gasteiger partial charge is 0.462 e. The van der Waals surface area contributed by atoms with Crippen molar-refractivity contribution in [3.05, 3.63) is 29.8 Å². The molecule has 0 aromatic heterocycles. The van der Waals surface area contributed by atoms with E-state index in [-0.39, 0.29) is 29.5 Å². The number of hydrogen-bond donors (Lipinski definition) is 0. The van der Waals surface area contributed by atoms with Crippen molar-refractivity contribution in [1.29, 1.82) is 0 Å². The second kappa shape index (κ2) is 9.05. The first kappa shape index (κ1) is 20.8. The molecule has 1 saturated carbocycles. The molecule has 1 amide bonds. The predicted octanol–water partition coefficient (Wildman–Crippen LogP) is 2.28. The molecule has 2 fully saturated rings. The van der Waals surface area contributed by atoms with Crippen LogP contribution in [0.4, 0.5) is 0 Å². The van der Waals surface area contributed by atoms with Gasteiger partial charge in [-0.25, -0.2) is 13.2 Å². The molecular weight excluding hydrogens is 380 g/mol. The Kier molecular flexibility index (Phi) is 6.72. The van der Waals surface area contributed by atoms with Crippen LogP contribution in [0.15, 0.2) is 29.2 Å². The first-order valence-electron chi connectivity index (χ1n) is 9.91. The highest BCUT2D eigenvalue weighted by molar-refractivity contribution is 7.89. The molecule has 1 aromatic carbocycles. The van der Waals surface area contributed by atoms with Crippen molar-refractivity contribution in [1.82, 2.24) is 9.21 Å². The lowest BCUT2D eigenvalue weighted by Gasteiger charge is -2.33. The van der Waals surface area contributed by atoms with Crippen LogP contribution in [0, 0.1) is 5.92 Å². The molecule has 154 valence electrons. The number of ether oxygens (including phenoxy) is 1. The highest BCUT2D eigenvalue weighted by atomic mass is 32.2. The normalized spacial score (nSPS) is 19.4. The molecule has 7 nitrogen and oxygen atoms in total. The predicted molar refractivity (Wildman–Crippen MR) is 104 cm³/mol. The molecule has 28 heavy (non-hydrogen) atoms. The fourth-order valence-electron chi connectivity index (χ4n) is 3.81. The number of carbonyl (C=O) groups is 2. The van der Waals surface area contributed by atoms with Crippen LogP contribution in [0.3, 0.4) is 0 Å². The maximum absolute atomic E-state index is 12.9. The first-order chi connectivity index (χ1) is 13.4. The molecule has 0 spiro atoms. The molecule has 1 saturated heterocycles. The SMILES string of the molecule is CC(=O)N1CCN(S(=O)(=O)c2cccc(C(=O)OCC3CCCCC3)c2)CC1. The van der Waals surface area contributed by atoms with E-state index in [2.05, 4.69) is 0 Å². The minimum atomic E-state index is -3.72. The van der Waals surface area contributed by atoms with Gasteiger partial charge in [0.05, 0.1) is 17.1 Å². The quantitative estimate of drug-likeness (QED) is 0.698. The van der Waals surface area contributed by atoms with Gasteiger partial charge >= 0.3 is 5.97 Å². The molecule has 0 atom stereocenters. The second-order valence-electron chi connectivity index (χ2n) is 7.54. The van der Waals surface area contributed by atoms with Crippen LogP contribution in [0.1, 0.15) is 49.4 Å². The number of esters is 1. The zero-order valence-electron chi connectivity index (χ0n) is 16.3. The Morgan fingerprint density at radius 3 is 2.39 bits per heavy atom. The maximum atomic E-state index is 12.9. The third-order valence-electron chi connectivity index (χ3n) is 5.57. The van der Waals surface area contributed by atoms with E-state index in [0.717, 1.165) is 12.8 Å². The van der Waals surface area contributed by atoms with Crippen molar-refractivity contribution in [2.45, 2.75) is 43.9 Å². The lowest BCUT2D eigenvalue weighted by atomic mass is 9.90. The summed E-state index contributed by atoms with van der Waals surface area (Å²) in [5.74, 6) is -0.133. The summed E-state index contributed by atoms with van der Waals surface area (Å²) in [5.41, 5.74) is 0.249. The third-order valence-corrected chi connectivity index (χ3v) is 7.46. The number of benzene rings is 1. The summed E-state index contributed by atoms with van der Waals surface area (Å²) < 4.78 is 32.6. The smallest absolute Gasteiger partial charge is 0.338 e. The summed E-state index contributed by atoms with van der Waals surface area (Å²) in [7, 11) is -3.72. The van der Waals surface area contributed by atoms with E-state index in [4.69, 9.17) is 4.74 Å². The monoisotopic (exact) mass is 408 g/mol. The van der Waals surface area contributed by atoms with Gasteiger partial charge in [-0.3, -0.25) is 4.79 Å². The lowest BCUT2D eigenvalue weighted by molar-refractivity contribution is -0.129. The molecule has 3 rings (SSSR count). The summed E-state index contributed by atoms with van der Waals surface area (Å²) in [6.45, 7) is 3.11. The van der Waals surface area contributed by atoms with Gasteiger partial charge in [-0.1, -0.05) is 25.3 Å². The molecule has 1 heterocycles. The van der Waals surface area contributed by atoms with Crippen molar-refractivity contribution in [2.24, 2.45) is 5.92 Å². The maximum Gasteiger partial charge on any atom is 0.338 e. The highest BCUT2D eigenvalue weighted by Gasteiger charge is 2.29. The van der Waals surface area contributed by atoms with Crippen LogP contribution < -0.4 is 0 Å². The van der Waals surface area contributed by atoms with Crippen molar-refractivity contribution in [3.8, 4) is 0 Å². The standard InChI is InChI=1S/C20H28N2O5S/c1-16(23)21-10-12-22(13-11-21)28(25,26)19-9-5-8-18(14-19)20(24)27-15-17-6-3-2-4-7-17/h5,8-9,14,17H,2-4,6-7,10-13,15H2,1H3. The van der Waals surface area contributed by atoms with Crippen LogP contribution in [0.2, 0.25) is 0 Å². The first-order valence-corrected chi connectivity index (χ1v) is 11.3.